The number of rotatable bonds is 3. The quantitative estimate of drug-likeness (QED) is 0.814. The van der Waals surface area contributed by atoms with Crippen LogP contribution >= 0.6 is 0 Å². The van der Waals surface area contributed by atoms with Crippen LogP contribution in [0.25, 0.3) is 0 Å². The van der Waals surface area contributed by atoms with Crippen molar-refractivity contribution < 1.29 is 10.2 Å². The number of nitrogens with zero attached hydrogens (tertiary/aromatic N) is 1. The normalized spacial score (nSPS) is 22.2. The number of phenols is 1. The summed E-state index contributed by atoms with van der Waals surface area (Å²) in [5.74, 6) is 0.772. The van der Waals surface area contributed by atoms with Crippen molar-refractivity contribution in [2.24, 2.45) is 5.92 Å². The highest BCUT2D eigenvalue weighted by molar-refractivity contribution is 5.31. The highest BCUT2D eigenvalue weighted by Crippen LogP contribution is 2.22. The monoisotopic (exact) mass is 221 g/mol. The van der Waals surface area contributed by atoms with Crippen molar-refractivity contribution in [2.45, 2.75) is 19.4 Å². The standard InChI is InChI=1S/C13H19NO2/c15-10-11-4-3-7-14(8-11)9-12-5-1-2-6-13(12)16/h1-2,5-6,11,15-16H,3-4,7-10H2/t11-/m0/s1. The number of para-hydroxylation sites is 1. The van der Waals surface area contributed by atoms with Crippen LogP contribution in [0.5, 0.6) is 5.75 Å². The lowest BCUT2D eigenvalue weighted by Gasteiger charge is -2.31. The van der Waals surface area contributed by atoms with Crippen molar-refractivity contribution in [3.63, 3.8) is 0 Å². The zero-order valence-electron chi connectivity index (χ0n) is 9.47. The van der Waals surface area contributed by atoms with Gasteiger partial charge in [-0.15, -0.1) is 0 Å². The first-order valence-electron chi connectivity index (χ1n) is 5.89. The molecule has 88 valence electrons. The van der Waals surface area contributed by atoms with Crippen LogP contribution in [-0.4, -0.2) is 34.8 Å². The molecule has 16 heavy (non-hydrogen) atoms. The number of aromatic hydroxyl groups is 1. The summed E-state index contributed by atoms with van der Waals surface area (Å²) in [4.78, 5) is 2.30. The molecule has 2 N–H and O–H groups in total. The summed E-state index contributed by atoms with van der Waals surface area (Å²) in [5, 5.41) is 18.8. The lowest BCUT2D eigenvalue weighted by molar-refractivity contribution is 0.115. The fourth-order valence-electron chi connectivity index (χ4n) is 2.33. The van der Waals surface area contributed by atoms with Gasteiger partial charge in [-0.05, 0) is 31.4 Å². The smallest absolute Gasteiger partial charge is 0.120 e. The molecular weight excluding hydrogens is 202 g/mol. The zero-order chi connectivity index (χ0) is 11.4. The van der Waals surface area contributed by atoms with Crippen LogP contribution in [0.1, 0.15) is 18.4 Å². The summed E-state index contributed by atoms with van der Waals surface area (Å²) in [6.07, 6.45) is 2.26. The van der Waals surface area contributed by atoms with E-state index in [1.807, 2.05) is 18.2 Å². The summed E-state index contributed by atoms with van der Waals surface area (Å²) < 4.78 is 0. The summed E-state index contributed by atoms with van der Waals surface area (Å²) in [7, 11) is 0. The van der Waals surface area contributed by atoms with Gasteiger partial charge in [0.25, 0.3) is 0 Å². The van der Waals surface area contributed by atoms with E-state index >= 15 is 0 Å². The molecule has 1 atom stereocenters. The highest BCUT2D eigenvalue weighted by Gasteiger charge is 2.19. The first kappa shape index (κ1) is 11.4. The topological polar surface area (TPSA) is 43.7 Å². The Hall–Kier alpha value is -1.06. The molecule has 3 nitrogen and oxygen atoms in total. The van der Waals surface area contributed by atoms with Crippen LogP contribution in [0.15, 0.2) is 24.3 Å². The van der Waals surface area contributed by atoms with Gasteiger partial charge < -0.3 is 10.2 Å². The number of hydrogen-bond donors (Lipinski definition) is 2. The van der Waals surface area contributed by atoms with Gasteiger partial charge in [-0.1, -0.05) is 18.2 Å². The molecule has 0 aliphatic carbocycles. The van der Waals surface area contributed by atoms with Crippen LogP contribution in [-0.2, 0) is 6.54 Å². The minimum Gasteiger partial charge on any atom is -0.508 e. The van der Waals surface area contributed by atoms with Crippen LogP contribution in [0, 0.1) is 5.92 Å². The van der Waals surface area contributed by atoms with E-state index in [1.165, 1.54) is 0 Å². The molecule has 1 fully saturated rings. The van der Waals surface area contributed by atoms with E-state index in [1.54, 1.807) is 6.07 Å². The molecule has 1 aromatic carbocycles. The lowest BCUT2D eigenvalue weighted by atomic mass is 9.98. The van der Waals surface area contributed by atoms with Crippen molar-refractivity contribution >= 4 is 0 Å². The van der Waals surface area contributed by atoms with Gasteiger partial charge in [0.15, 0.2) is 0 Å². The average molecular weight is 221 g/mol. The van der Waals surface area contributed by atoms with E-state index < -0.39 is 0 Å². The van der Waals surface area contributed by atoms with E-state index in [4.69, 9.17) is 5.11 Å². The van der Waals surface area contributed by atoms with Crippen molar-refractivity contribution in [3.8, 4) is 5.75 Å². The number of aliphatic hydroxyl groups excluding tert-OH is 1. The van der Waals surface area contributed by atoms with Gasteiger partial charge >= 0.3 is 0 Å². The van der Waals surface area contributed by atoms with Crippen molar-refractivity contribution in [2.75, 3.05) is 19.7 Å². The van der Waals surface area contributed by atoms with E-state index in [9.17, 15) is 5.11 Å². The second-order valence-corrected chi connectivity index (χ2v) is 4.55. The maximum atomic E-state index is 9.69. The molecule has 1 aromatic rings. The Morgan fingerprint density at radius 1 is 1.31 bits per heavy atom. The molecule has 1 heterocycles. The van der Waals surface area contributed by atoms with Gasteiger partial charge in [0, 0.05) is 25.3 Å². The molecule has 0 aromatic heterocycles. The van der Waals surface area contributed by atoms with Gasteiger partial charge in [-0.3, -0.25) is 4.90 Å². The Balaban J connectivity index is 1.97. The molecular formula is C13H19NO2. The van der Waals surface area contributed by atoms with Crippen molar-refractivity contribution in [3.05, 3.63) is 29.8 Å². The Labute approximate surface area is 96.3 Å². The molecule has 0 radical (unpaired) electrons. The molecule has 1 aliphatic rings. The molecule has 0 saturated carbocycles. The molecule has 1 aliphatic heterocycles. The summed E-state index contributed by atoms with van der Waals surface area (Å²) in [6, 6.07) is 7.47. The van der Waals surface area contributed by atoms with Crippen molar-refractivity contribution in [1.82, 2.24) is 4.90 Å². The van der Waals surface area contributed by atoms with Gasteiger partial charge in [-0.25, -0.2) is 0 Å². The largest absolute Gasteiger partial charge is 0.508 e. The maximum Gasteiger partial charge on any atom is 0.120 e. The molecule has 3 heteroatoms. The van der Waals surface area contributed by atoms with Gasteiger partial charge in [0.1, 0.15) is 5.75 Å². The molecule has 0 amide bonds. The number of phenolic OH excluding ortho intramolecular Hbond substituents is 1. The van der Waals surface area contributed by atoms with E-state index in [0.29, 0.717) is 11.7 Å². The van der Waals surface area contributed by atoms with E-state index in [0.717, 1.165) is 38.0 Å². The fourth-order valence-corrected chi connectivity index (χ4v) is 2.33. The minimum atomic E-state index is 0.275. The minimum absolute atomic E-state index is 0.275. The number of aliphatic hydroxyl groups is 1. The number of piperidine rings is 1. The van der Waals surface area contributed by atoms with Gasteiger partial charge in [0.2, 0.25) is 0 Å². The number of likely N-dealkylation sites (tertiary alicyclic amines) is 1. The second kappa shape index (κ2) is 5.32. The fraction of sp³-hybridized carbons (Fsp3) is 0.538. The predicted molar refractivity (Wildman–Crippen MR) is 63.2 cm³/mol. The Morgan fingerprint density at radius 2 is 2.12 bits per heavy atom. The second-order valence-electron chi connectivity index (χ2n) is 4.55. The Morgan fingerprint density at radius 3 is 2.88 bits per heavy atom. The first-order chi connectivity index (χ1) is 7.79. The predicted octanol–water partition coefficient (Wildman–Crippen LogP) is 1.60. The summed E-state index contributed by atoms with van der Waals surface area (Å²) >= 11 is 0. The molecule has 1 saturated heterocycles. The van der Waals surface area contributed by atoms with Gasteiger partial charge in [0.05, 0.1) is 0 Å². The van der Waals surface area contributed by atoms with E-state index in [2.05, 4.69) is 4.90 Å². The zero-order valence-corrected chi connectivity index (χ0v) is 9.47. The highest BCUT2D eigenvalue weighted by atomic mass is 16.3. The third-order valence-electron chi connectivity index (χ3n) is 3.25. The molecule has 0 unspecified atom stereocenters. The number of benzene rings is 1. The number of hydrogen-bond acceptors (Lipinski definition) is 3. The third kappa shape index (κ3) is 2.74. The van der Waals surface area contributed by atoms with Crippen LogP contribution < -0.4 is 0 Å². The third-order valence-corrected chi connectivity index (χ3v) is 3.25. The van der Waals surface area contributed by atoms with Crippen LogP contribution in [0.4, 0.5) is 0 Å². The molecule has 0 bridgehead atoms. The molecule has 0 spiro atoms. The summed E-state index contributed by atoms with van der Waals surface area (Å²) in [6.45, 7) is 3.05. The maximum absolute atomic E-state index is 9.69. The Kier molecular flexibility index (Phi) is 3.80. The molecule has 2 rings (SSSR count). The van der Waals surface area contributed by atoms with Crippen LogP contribution in [0.2, 0.25) is 0 Å². The van der Waals surface area contributed by atoms with Crippen molar-refractivity contribution in [1.29, 1.82) is 0 Å². The SMILES string of the molecule is OC[C@H]1CCCN(Cc2ccccc2O)C1. The summed E-state index contributed by atoms with van der Waals surface area (Å²) in [5.41, 5.74) is 0.973. The van der Waals surface area contributed by atoms with E-state index in [-0.39, 0.29) is 6.61 Å². The van der Waals surface area contributed by atoms with Crippen LogP contribution in [0.3, 0.4) is 0 Å². The lowest BCUT2D eigenvalue weighted by Crippen LogP contribution is -2.36. The first-order valence-corrected chi connectivity index (χ1v) is 5.89. The Bertz CT molecular complexity index is 340. The average Bonchev–Trinajstić information content (AvgIpc) is 2.32. The van der Waals surface area contributed by atoms with Gasteiger partial charge in [-0.2, -0.15) is 0 Å².